The molecule has 1 N–H and O–H groups in total. The van der Waals surface area contributed by atoms with Gasteiger partial charge < -0.3 is 10.2 Å². The molecule has 1 aromatic rings. The Bertz CT molecular complexity index is 426. The van der Waals surface area contributed by atoms with Gasteiger partial charge in [-0.25, -0.2) is 0 Å². The lowest BCUT2D eigenvalue weighted by Gasteiger charge is -2.32. The molecule has 18 heavy (non-hydrogen) atoms. The molecule has 2 aliphatic heterocycles. The van der Waals surface area contributed by atoms with Crippen molar-refractivity contribution in [2.75, 3.05) is 19.6 Å². The topological polar surface area (TPSA) is 45.2 Å². The number of hydrogen-bond acceptors (Lipinski definition) is 3. The van der Waals surface area contributed by atoms with Crippen LogP contribution < -0.4 is 5.32 Å². The minimum absolute atomic E-state index is 0.0573. The first-order valence-corrected chi connectivity index (χ1v) is 6.69. The Labute approximate surface area is 107 Å². The molecule has 0 aromatic carbocycles. The van der Waals surface area contributed by atoms with Gasteiger partial charge >= 0.3 is 0 Å². The molecule has 96 valence electrons. The Hall–Kier alpha value is -1.42. The SMILES string of the molecule is O=C1N(Cc2ccncc2)CCC12CCNCC2. The van der Waals surface area contributed by atoms with Gasteiger partial charge in [0.05, 0.1) is 5.41 Å². The average molecular weight is 245 g/mol. The van der Waals surface area contributed by atoms with E-state index in [1.54, 1.807) is 12.4 Å². The molecule has 2 saturated heterocycles. The van der Waals surface area contributed by atoms with Gasteiger partial charge in [0.15, 0.2) is 0 Å². The number of amides is 1. The van der Waals surface area contributed by atoms with Crippen LogP contribution in [0.5, 0.6) is 0 Å². The molecule has 2 aliphatic rings. The van der Waals surface area contributed by atoms with Crippen molar-refractivity contribution < 1.29 is 4.79 Å². The van der Waals surface area contributed by atoms with Crippen LogP contribution >= 0.6 is 0 Å². The zero-order valence-electron chi connectivity index (χ0n) is 10.6. The Balaban J connectivity index is 1.71. The molecule has 1 spiro atoms. The van der Waals surface area contributed by atoms with E-state index < -0.39 is 0 Å². The molecule has 0 atom stereocenters. The molecular formula is C14H19N3O. The van der Waals surface area contributed by atoms with E-state index in [0.29, 0.717) is 5.91 Å². The summed E-state index contributed by atoms with van der Waals surface area (Å²) in [4.78, 5) is 18.6. The second-order valence-corrected chi connectivity index (χ2v) is 5.36. The summed E-state index contributed by atoms with van der Waals surface area (Å²) in [7, 11) is 0. The standard InChI is InChI=1S/C14H19N3O/c18-13-14(3-8-16-9-4-14)5-10-17(13)11-12-1-6-15-7-2-12/h1-2,6-7,16H,3-5,8-11H2. The highest BCUT2D eigenvalue weighted by Gasteiger charge is 2.46. The lowest BCUT2D eigenvalue weighted by atomic mass is 9.78. The first kappa shape index (κ1) is 11.7. The van der Waals surface area contributed by atoms with Crippen molar-refractivity contribution in [3.05, 3.63) is 30.1 Å². The molecule has 4 heteroatoms. The summed E-state index contributed by atoms with van der Waals surface area (Å²) in [5, 5.41) is 3.34. The van der Waals surface area contributed by atoms with Gasteiger partial charge in [0.1, 0.15) is 0 Å². The van der Waals surface area contributed by atoms with E-state index in [-0.39, 0.29) is 5.41 Å². The van der Waals surface area contributed by atoms with Crippen LogP contribution in [0.15, 0.2) is 24.5 Å². The van der Waals surface area contributed by atoms with Gasteiger partial charge in [-0.2, -0.15) is 0 Å². The quantitative estimate of drug-likeness (QED) is 0.851. The van der Waals surface area contributed by atoms with Crippen molar-refractivity contribution in [1.82, 2.24) is 15.2 Å². The second-order valence-electron chi connectivity index (χ2n) is 5.36. The van der Waals surface area contributed by atoms with Crippen LogP contribution in [0.3, 0.4) is 0 Å². The summed E-state index contributed by atoms with van der Waals surface area (Å²) in [6.07, 6.45) is 6.60. The summed E-state index contributed by atoms with van der Waals surface area (Å²) < 4.78 is 0. The largest absolute Gasteiger partial charge is 0.338 e. The van der Waals surface area contributed by atoms with Crippen molar-refractivity contribution in [3.63, 3.8) is 0 Å². The van der Waals surface area contributed by atoms with Crippen molar-refractivity contribution >= 4 is 5.91 Å². The predicted octanol–water partition coefficient (Wildman–Crippen LogP) is 1.18. The van der Waals surface area contributed by atoms with Crippen LogP contribution in [0, 0.1) is 5.41 Å². The molecule has 0 radical (unpaired) electrons. The molecule has 0 saturated carbocycles. The maximum absolute atomic E-state index is 12.6. The molecule has 4 nitrogen and oxygen atoms in total. The molecule has 2 fully saturated rings. The number of carbonyl (C=O) groups excluding carboxylic acids is 1. The minimum atomic E-state index is -0.0573. The number of hydrogen-bond donors (Lipinski definition) is 1. The van der Waals surface area contributed by atoms with E-state index in [1.165, 1.54) is 5.56 Å². The van der Waals surface area contributed by atoms with Gasteiger partial charge in [0, 0.05) is 25.5 Å². The Morgan fingerprint density at radius 1 is 1.22 bits per heavy atom. The third-order valence-corrected chi connectivity index (χ3v) is 4.28. The van der Waals surface area contributed by atoms with Gasteiger partial charge in [0.25, 0.3) is 0 Å². The highest BCUT2D eigenvalue weighted by molar-refractivity contribution is 5.85. The predicted molar refractivity (Wildman–Crippen MR) is 68.8 cm³/mol. The average Bonchev–Trinajstić information content (AvgIpc) is 2.71. The summed E-state index contributed by atoms with van der Waals surface area (Å²) in [5.41, 5.74) is 1.11. The number of likely N-dealkylation sites (tertiary alicyclic amines) is 1. The van der Waals surface area contributed by atoms with Crippen molar-refractivity contribution in [1.29, 1.82) is 0 Å². The molecule has 1 amide bonds. The second kappa shape index (κ2) is 4.69. The number of aromatic nitrogens is 1. The van der Waals surface area contributed by atoms with Gasteiger partial charge in [-0.15, -0.1) is 0 Å². The fourth-order valence-corrected chi connectivity index (χ4v) is 3.12. The molecule has 0 bridgehead atoms. The molecule has 0 aliphatic carbocycles. The summed E-state index contributed by atoms with van der Waals surface area (Å²) in [6.45, 7) is 3.60. The molecule has 0 unspecified atom stereocenters. The lowest BCUT2D eigenvalue weighted by molar-refractivity contribution is -0.137. The van der Waals surface area contributed by atoms with Gasteiger partial charge in [0.2, 0.25) is 5.91 Å². The Kier molecular flexibility index (Phi) is 3.04. The van der Waals surface area contributed by atoms with E-state index in [1.807, 2.05) is 17.0 Å². The fraction of sp³-hybridized carbons (Fsp3) is 0.571. The zero-order chi connectivity index (χ0) is 12.4. The van der Waals surface area contributed by atoms with Crippen LogP contribution in [0.1, 0.15) is 24.8 Å². The monoisotopic (exact) mass is 245 g/mol. The maximum Gasteiger partial charge on any atom is 0.229 e. The highest BCUT2D eigenvalue weighted by atomic mass is 16.2. The van der Waals surface area contributed by atoms with E-state index in [4.69, 9.17) is 0 Å². The Morgan fingerprint density at radius 2 is 1.94 bits per heavy atom. The maximum atomic E-state index is 12.6. The van der Waals surface area contributed by atoms with E-state index in [2.05, 4.69) is 10.3 Å². The van der Waals surface area contributed by atoms with Crippen LogP contribution in [0.25, 0.3) is 0 Å². The molecular weight excluding hydrogens is 226 g/mol. The van der Waals surface area contributed by atoms with Gasteiger partial charge in [-0.05, 0) is 50.0 Å². The lowest BCUT2D eigenvalue weighted by Crippen LogP contribution is -2.42. The highest BCUT2D eigenvalue weighted by Crippen LogP contribution is 2.40. The Morgan fingerprint density at radius 3 is 2.67 bits per heavy atom. The van der Waals surface area contributed by atoms with Crippen molar-refractivity contribution in [3.8, 4) is 0 Å². The van der Waals surface area contributed by atoms with Crippen LogP contribution in [-0.2, 0) is 11.3 Å². The van der Waals surface area contributed by atoms with Crippen LogP contribution in [0.2, 0.25) is 0 Å². The van der Waals surface area contributed by atoms with Gasteiger partial charge in [-0.1, -0.05) is 0 Å². The molecule has 1 aromatic heterocycles. The number of rotatable bonds is 2. The third kappa shape index (κ3) is 2.01. The zero-order valence-corrected chi connectivity index (χ0v) is 10.6. The summed E-state index contributed by atoms with van der Waals surface area (Å²) in [5.74, 6) is 0.362. The van der Waals surface area contributed by atoms with E-state index in [0.717, 1.165) is 45.4 Å². The van der Waals surface area contributed by atoms with Crippen LogP contribution in [-0.4, -0.2) is 35.4 Å². The first-order chi connectivity index (χ1) is 8.80. The first-order valence-electron chi connectivity index (χ1n) is 6.69. The fourth-order valence-electron chi connectivity index (χ4n) is 3.12. The van der Waals surface area contributed by atoms with Crippen LogP contribution in [0.4, 0.5) is 0 Å². The third-order valence-electron chi connectivity index (χ3n) is 4.28. The minimum Gasteiger partial charge on any atom is -0.338 e. The van der Waals surface area contributed by atoms with E-state index in [9.17, 15) is 4.79 Å². The van der Waals surface area contributed by atoms with Gasteiger partial charge in [-0.3, -0.25) is 9.78 Å². The molecule has 3 rings (SSSR count). The number of nitrogens with one attached hydrogen (secondary N) is 1. The number of piperidine rings is 1. The smallest absolute Gasteiger partial charge is 0.229 e. The van der Waals surface area contributed by atoms with Crippen molar-refractivity contribution in [2.45, 2.75) is 25.8 Å². The van der Waals surface area contributed by atoms with Crippen molar-refractivity contribution in [2.24, 2.45) is 5.41 Å². The summed E-state index contributed by atoms with van der Waals surface area (Å²) >= 11 is 0. The normalized spacial score (nSPS) is 22.7. The molecule has 3 heterocycles. The number of nitrogens with zero attached hydrogens (tertiary/aromatic N) is 2. The number of pyridine rings is 1. The number of carbonyl (C=O) groups is 1. The van der Waals surface area contributed by atoms with E-state index >= 15 is 0 Å². The summed E-state index contributed by atoms with van der Waals surface area (Å²) in [6, 6.07) is 3.97.